The lowest BCUT2D eigenvalue weighted by Crippen LogP contribution is -2.27. The Morgan fingerprint density at radius 2 is 1.59 bits per heavy atom. The zero-order valence-corrected chi connectivity index (χ0v) is 13.5. The van der Waals surface area contributed by atoms with Crippen molar-refractivity contribution in [2.45, 2.75) is 40.3 Å². The minimum atomic E-state index is -2.19. The van der Waals surface area contributed by atoms with E-state index in [0.29, 0.717) is 13.2 Å². The maximum Gasteiger partial charge on any atom is 0.221 e. The molecule has 0 bridgehead atoms. The second-order valence-electron chi connectivity index (χ2n) is 5.29. The van der Waals surface area contributed by atoms with Gasteiger partial charge in [-0.25, -0.2) is 4.39 Å². The average molecular weight is 310 g/mol. The molecular formula is C17H23FO4. The lowest BCUT2D eigenvalue weighted by Gasteiger charge is -2.16. The van der Waals surface area contributed by atoms with Crippen LogP contribution in [0.25, 0.3) is 0 Å². The van der Waals surface area contributed by atoms with E-state index in [0.717, 1.165) is 0 Å². The predicted molar refractivity (Wildman–Crippen MR) is 82.5 cm³/mol. The Bertz CT molecular complexity index is 501. The number of ether oxygens (including phenoxy) is 2. The van der Waals surface area contributed by atoms with Gasteiger partial charge in [-0.15, -0.1) is 0 Å². The first-order chi connectivity index (χ1) is 10.4. The highest BCUT2D eigenvalue weighted by Crippen LogP contribution is 2.31. The third-order valence-corrected chi connectivity index (χ3v) is 2.96. The highest BCUT2D eigenvalue weighted by atomic mass is 19.1. The van der Waals surface area contributed by atoms with Crippen molar-refractivity contribution in [1.29, 1.82) is 0 Å². The lowest BCUT2D eigenvalue weighted by atomic mass is 9.97. The van der Waals surface area contributed by atoms with Crippen LogP contribution < -0.4 is 9.47 Å². The molecule has 4 nitrogen and oxygen atoms in total. The Labute approximate surface area is 130 Å². The van der Waals surface area contributed by atoms with Crippen molar-refractivity contribution < 1.29 is 23.5 Å². The van der Waals surface area contributed by atoms with Gasteiger partial charge in [0.1, 0.15) is 17.1 Å². The maximum atomic E-state index is 14.3. The summed E-state index contributed by atoms with van der Waals surface area (Å²) < 4.78 is 25.0. The third-order valence-electron chi connectivity index (χ3n) is 2.96. The second kappa shape index (κ2) is 8.51. The minimum Gasteiger partial charge on any atom is -0.493 e. The summed E-state index contributed by atoms with van der Waals surface area (Å²) in [6.45, 7) is 7.78. The van der Waals surface area contributed by atoms with Gasteiger partial charge in [0.05, 0.1) is 13.2 Å². The summed E-state index contributed by atoms with van der Waals surface area (Å²) >= 11 is 0. The fraction of sp³-hybridized carbons (Fsp3) is 0.529. The van der Waals surface area contributed by atoms with Gasteiger partial charge in [0.25, 0.3) is 0 Å². The van der Waals surface area contributed by atoms with Gasteiger partial charge in [0.2, 0.25) is 12.0 Å². The molecule has 122 valence electrons. The number of alkyl halides is 1. The monoisotopic (exact) mass is 310 g/mol. The van der Waals surface area contributed by atoms with Crippen LogP contribution >= 0.6 is 0 Å². The molecule has 22 heavy (non-hydrogen) atoms. The Morgan fingerprint density at radius 3 is 2.00 bits per heavy atom. The first kappa shape index (κ1) is 18.1. The van der Waals surface area contributed by atoms with Crippen molar-refractivity contribution in [3.8, 4) is 11.5 Å². The lowest BCUT2D eigenvalue weighted by molar-refractivity contribution is -0.122. The van der Waals surface area contributed by atoms with Crippen molar-refractivity contribution in [3.63, 3.8) is 0 Å². The summed E-state index contributed by atoms with van der Waals surface area (Å²) in [5.74, 6) is -1.16. The van der Waals surface area contributed by atoms with Gasteiger partial charge in [-0.1, -0.05) is 19.9 Å². The summed E-state index contributed by atoms with van der Waals surface area (Å²) in [4.78, 5) is 24.2. The van der Waals surface area contributed by atoms with Crippen molar-refractivity contribution in [2.75, 3.05) is 13.2 Å². The summed E-state index contributed by atoms with van der Waals surface area (Å²) in [6, 6.07) is 4.80. The zero-order valence-electron chi connectivity index (χ0n) is 13.5. The summed E-state index contributed by atoms with van der Waals surface area (Å²) in [7, 11) is 0. The number of halogens is 1. The minimum absolute atomic E-state index is 0.00388. The molecule has 5 heteroatoms. The van der Waals surface area contributed by atoms with Crippen LogP contribution in [0.15, 0.2) is 18.2 Å². The largest absolute Gasteiger partial charge is 0.493 e. The van der Waals surface area contributed by atoms with Crippen LogP contribution in [0.5, 0.6) is 11.5 Å². The van der Waals surface area contributed by atoms with Crippen LogP contribution in [-0.4, -0.2) is 31.0 Å². The molecule has 0 saturated heterocycles. The fourth-order valence-electron chi connectivity index (χ4n) is 2.08. The van der Waals surface area contributed by atoms with Gasteiger partial charge in [-0.05, 0) is 31.9 Å². The van der Waals surface area contributed by atoms with Gasteiger partial charge < -0.3 is 9.47 Å². The number of carbonyl (C=O) groups is 2. The SMILES string of the molecule is CCOc1cccc(OCC)c1C(=O)C(F)C(=O)CC(C)C. The first-order valence-electron chi connectivity index (χ1n) is 7.51. The molecule has 0 aromatic heterocycles. The number of carbonyl (C=O) groups excluding carboxylic acids is 2. The molecule has 1 aromatic carbocycles. The molecular weight excluding hydrogens is 287 g/mol. The van der Waals surface area contributed by atoms with Gasteiger partial charge in [0, 0.05) is 6.42 Å². The summed E-state index contributed by atoms with van der Waals surface area (Å²) in [5.41, 5.74) is -0.00388. The van der Waals surface area contributed by atoms with Crippen LogP contribution in [0.3, 0.4) is 0 Å². The Morgan fingerprint density at radius 1 is 1.09 bits per heavy atom. The molecule has 1 aromatic rings. The Kier molecular flexibility index (Phi) is 7.02. The third kappa shape index (κ3) is 4.55. The fourth-order valence-corrected chi connectivity index (χ4v) is 2.08. The number of benzene rings is 1. The van der Waals surface area contributed by atoms with E-state index in [1.165, 1.54) is 0 Å². The van der Waals surface area contributed by atoms with Crippen LogP contribution in [0.2, 0.25) is 0 Å². The molecule has 0 aliphatic rings. The van der Waals surface area contributed by atoms with E-state index in [1.54, 1.807) is 45.9 Å². The van der Waals surface area contributed by atoms with Crippen LogP contribution in [0.4, 0.5) is 4.39 Å². The van der Waals surface area contributed by atoms with Crippen molar-refractivity contribution in [3.05, 3.63) is 23.8 Å². The van der Waals surface area contributed by atoms with E-state index in [9.17, 15) is 14.0 Å². The number of hydrogen-bond donors (Lipinski definition) is 0. The van der Waals surface area contributed by atoms with Crippen LogP contribution in [0.1, 0.15) is 44.5 Å². The molecule has 0 radical (unpaired) electrons. The highest BCUT2D eigenvalue weighted by molar-refractivity contribution is 6.15. The van der Waals surface area contributed by atoms with Crippen LogP contribution in [0, 0.1) is 5.92 Å². The predicted octanol–water partition coefficient (Wildman–Crippen LogP) is 3.62. The van der Waals surface area contributed by atoms with Crippen molar-refractivity contribution in [1.82, 2.24) is 0 Å². The van der Waals surface area contributed by atoms with E-state index in [1.807, 2.05) is 0 Å². The van der Waals surface area contributed by atoms with E-state index in [-0.39, 0.29) is 29.4 Å². The molecule has 1 unspecified atom stereocenters. The molecule has 0 N–H and O–H groups in total. The Balaban J connectivity index is 3.16. The smallest absolute Gasteiger partial charge is 0.221 e. The van der Waals surface area contributed by atoms with E-state index >= 15 is 0 Å². The van der Waals surface area contributed by atoms with E-state index in [2.05, 4.69) is 0 Å². The molecule has 0 amide bonds. The Hall–Kier alpha value is -1.91. The molecule has 0 heterocycles. The van der Waals surface area contributed by atoms with Crippen LogP contribution in [-0.2, 0) is 4.79 Å². The maximum absolute atomic E-state index is 14.3. The summed E-state index contributed by atoms with van der Waals surface area (Å²) in [6.07, 6.45) is -2.17. The molecule has 0 saturated carbocycles. The normalized spacial score (nSPS) is 12.1. The van der Waals surface area contributed by atoms with Crippen molar-refractivity contribution in [2.24, 2.45) is 5.92 Å². The molecule has 1 atom stereocenters. The van der Waals surface area contributed by atoms with E-state index in [4.69, 9.17) is 9.47 Å². The van der Waals surface area contributed by atoms with Crippen molar-refractivity contribution >= 4 is 11.6 Å². The van der Waals surface area contributed by atoms with Gasteiger partial charge in [-0.2, -0.15) is 0 Å². The number of ketones is 2. The number of rotatable bonds is 9. The quantitative estimate of drug-likeness (QED) is 0.516. The second-order valence-corrected chi connectivity index (χ2v) is 5.29. The summed E-state index contributed by atoms with van der Waals surface area (Å²) in [5, 5.41) is 0. The topological polar surface area (TPSA) is 52.6 Å². The standard InChI is InChI=1S/C17H23FO4/c1-5-21-13-8-7-9-14(22-6-2)15(13)17(20)16(18)12(19)10-11(3)4/h7-9,11,16H,5-6,10H2,1-4H3. The molecule has 0 aliphatic carbocycles. The molecule has 0 aliphatic heterocycles. The number of Topliss-reactive ketones (excluding diaryl/α,β-unsaturated/α-hetero) is 2. The average Bonchev–Trinajstić information content (AvgIpc) is 2.46. The van der Waals surface area contributed by atoms with Gasteiger partial charge in [0.15, 0.2) is 5.78 Å². The molecule has 1 rings (SSSR count). The zero-order chi connectivity index (χ0) is 16.7. The van der Waals surface area contributed by atoms with E-state index < -0.39 is 17.7 Å². The highest BCUT2D eigenvalue weighted by Gasteiger charge is 2.31. The first-order valence-corrected chi connectivity index (χ1v) is 7.51. The molecule has 0 fully saturated rings. The van der Waals surface area contributed by atoms with Gasteiger partial charge >= 0.3 is 0 Å². The number of hydrogen-bond acceptors (Lipinski definition) is 4. The van der Waals surface area contributed by atoms with Gasteiger partial charge in [-0.3, -0.25) is 9.59 Å². The molecule has 0 spiro atoms.